The van der Waals surface area contributed by atoms with Crippen LogP contribution in [0, 0.1) is 0 Å². The molecule has 1 N–H and O–H groups in total. The van der Waals surface area contributed by atoms with Gasteiger partial charge in [-0.25, -0.2) is 0 Å². The van der Waals surface area contributed by atoms with E-state index in [9.17, 15) is 0 Å². The first kappa shape index (κ1) is 12.4. The summed E-state index contributed by atoms with van der Waals surface area (Å²) in [7, 11) is 0. The van der Waals surface area contributed by atoms with Crippen molar-refractivity contribution in [1.29, 1.82) is 0 Å². The average Bonchev–Trinajstić information content (AvgIpc) is 2.45. The molecule has 0 heterocycles. The molecule has 0 aromatic heterocycles. The molecule has 0 bridgehead atoms. The van der Waals surface area contributed by atoms with Crippen molar-refractivity contribution in [2.24, 2.45) is 5.10 Å². The molecular formula is C16H18N2. The smallest absolute Gasteiger partial charge is 0.0679 e. The van der Waals surface area contributed by atoms with Gasteiger partial charge in [0.2, 0.25) is 0 Å². The van der Waals surface area contributed by atoms with Crippen LogP contribution in [0.1, 0.15) is 25.3 Å². The topological polar surface area (TPSA) is 24.4 Å². The molecule has 18 heavy (non-hydrogen) atoms. The molecule has 2 aromatic carbocycles. The predicted octanol–water partition coefficient (Wildman–Crippen LogP) is 4.30. The normalized spacial score (nSPS) is 11.3. The van der Waals surface area contributed by atoms with Gasteiger partial charge in [0.25, 0.3) is 0 Å². The molecule has 0 aliphatic rings. The van der Waals surface area contributed by atoms with Crippen LogP contribution in [0.15, 0.2) is 65.8 Å². The first-order valence-corrected chi connectivity index (χ1v) is 6.33. The molecule has 0 atom stereocenters. The van der Waals surface area contributed by atoms with E-state index in [0.717, 1.165) is 24.2 Å². The zero-order valence-corrected chi connectivity index (χ0v) is 10.6. The molecule has 0 saturated heterocycles. The molecule has 2 heteroatoms. The zero-order chi connectivity index (χ0) is 12.6. The Balaban J connectivity index is 2.15. The van der Waals surface area contributed by atoms with Gasteiger partial charge in [-0.05, 0) is 24.1 Å². The summed E-state index contributed by atoms with van der Waals surface area (Å²) in [6.07, 6.45) is 2.06. The fourth-order valence-corrected chi connectivity index (χ4v) is 1.78. The van der Waals surface area contributed by atoms with Crippen LogP contribution in [0.2, 0.25) is 0 Å². The molecule has 0 amide bonds. The van der Waals surface area contributed by atoms with E-state index in [2.05, 4.69) is 29.6 Å². The maximum atomic E-state index is 4.52. The van der Waals surface area contributed by atoms with Crippen molar-refractivity contribution in [3.05, 3.63) is 66.2 Å². The van der Waals surface area contributed by atoms with E-state index in [-0.39, 0.29) is 0 Å². The van der Waals surface area contributed by atoms with Crippen LogP contribution in [-0.4, -0.2) is 5.71 Å². The van der Waals surface area contributed by atoms with Gasteiger partial charge in [0.15, 0.2) is 0 Å². The van der Waals surface area contributed by atoms with Crippen molar-refractivity contribution in [3.8, 4) is 0 Å². The van der Waals surface area contributed by atoms with Crippen molar-refractivity contribution in [2.75, 3.05) is 5.43 Å². The summed E-state index contributed by atoms with van der Waals surface area (Å²) in [6.45, 7) is 2.17. The van der Waals surface area contributed by atoms with Crippen LogP contribution < -0.4 is 5.43 Å². The third-order valence-electron chi connectivity index (χ3n) is 2.69. The van der Waals surface area contributed by atoms with Crippen LogP contribution in [-0.2, 0) is 0 Å². The van der Waals surface area contributed by atoms with E-state index < -0.39 is 0 Å². The highest BCUT2D eigenvalue weighted by Gasteiger charge is 2.01. The molecule has 0 aliphatic heterocycles. The highest BCUT2D eigenvalue weighted by Crippen LogP contribution is 2.09. The molecular weight excluding hydrogens is 220 g/mol. The number of anilines is 1. The number of hydrogen-bond acceptors (Lipinski definition) is 2. The fraction of sp³-hybridized carbons (Fsp3) is 0.188. The molecule has 0 unspecified atom stereocenters. The summed E-state index contributed by atoms with van der Waals surface area (Å²) in [5.41, 5.74) is 6.41. The lowest BCUT2D eigenvalue weighted by atomic mass is 10.1. The predicted molar refractivity (Wildman–Crippen MR) is 78.0 cm³/mol. The van der Waals surface area contributed by atoms with E-state index in [1.54, 1.807) is 0 Å². The number of rotatable bonds is 5. The summed E-state index contributed by atoms with van der Waals surface area (Å²) >= 11 is 0. The van der Waals surface area contributed by atoms with Crippen LogP contribution >= 0.6 is 0 Å². The highest BCUT2D eigenvalue weighted by atomic mass is 15.3. The van der Waals surface area contributed by atoms with Crippen molar-refractivity contribution < 1.29 is 0 Å². The number of nitrogens with one attached hydrogen (secondary N) is 1. The molecule has 2 rings (SSSR count). The Labute approximate surface area is 108 Å². The lowest BCUT2D eigenvalue weighted by Gasteiger charge is -2.06. The van der Waals surface area contributed by atoms with Gasteiger partial charge in [-0.2, -0.15) is 5.10 Å². The Bertz CT molecular complexity index is 489. The van der Waals surface area contributed by atoms with E-state index in [0.29, 0.717) is 0 Å². The van der Waals surface area contributed by atoms with Gasteiger partial charge in [0, 0.05) is 0 Å². The second kappa shape index (κ2) is 6.60. The van der Waals surface area contributed by atoms with Crippen LogP contribution in [0.25, 0.3) is 0 Å². The highest BCUT2D eigenvalue weighted by molar-refractivity contribution is 6.00. The number of nitrogens with zero attached hydrogens (tertiary/aromatic N) is 1. The Morgan fingerprint density at radius 2 is 1.56 bits per heavy atom. The number of hydrazone groups is 1. The summed E-state index contributed by atoms with van der Waals surface area (Å²) in [4.78, 5) is 0. The maximum absolute atomic E-state index is 4.52. The van der Waals surface area contributed by atoms with Crippen molar-refractivity contribution in [3.63, 3.8) is 0 Å². The quantitative estimate of drug-likeness (QED) is 0.609. The van der Waals surface area contributed by atoms with Gasteiger partial charge in [0.1, 0.15) is 0 Å². The first-order chi connectivity index (χ1) is 8.90. The Hall–Kier alpha value is -2.09. The van der Waals surface area contributed by atoms with Crippen molar-refractivity contribution in [2.45, 2.75) is 19.8 Å². The van der Waals surface area contributed by atoms with Gasteiger partial charge in [-0.1, -0.05) is 61.9 Å². The Morgan fingerprint density at radius 1 is 0.944 bits per heavy atom. The minimum Gasteiger partial charge on any atom is -0.278 e. The lowest BCUT2D eigenvalue weighted by Crippen LogP contribution is -2.04. The number of hydrogen-bond donors (Lipinski definition) is 1. The van der Waals surface area contributed by atoms with Gasteiger partial charge < -0.3 is 0 Å². The monoisotopic (exact) mass is 238 g/mol. The Morgan fingerprint density at radius 3 is 2.17 bits per heavy atom. The van der Waals surface area contributed by atoms with Gasteiger partial charge >= 0.3 is 0 Å². The van der Waals surface area contributed by atoms with E-state index in [1.165, 1.54) is 5.56 Å². The zero-order valence-electron chi connectivity index (χ0n) is 10.6. The van der Waals surface area contributed by atoms with E-state index >= 15 is 0 Å². The second-order valence-corrected chi connectivity index (χ2v) is 4.15. The number of benzene rings is 2. The summed E-state index contributed by atoms with van der Waals surface area (Å²) < 4.78 is 0. The molecule has 0 saturated carbocycles. The van der Waals surface area contributed by atoms with Crippen LogP contribution in [0.3, 0.4) is 0 Å². The molecule has 0 radical (unpaired) electrons. The molecule has 2 nitrogen and oxygen atoms in total. The third kappa shape index (κ3) is 3.45. The van der Waals surface area contributed by atoms with Gasteiger partial charge in [-0.15, -0.1) is 0 Å². The molecule has 0 spiro atoms. The molecule has 2 aromatic rings. The third-order valence-corrected chi connectivity index (χ3v) is 2.69. The Kier molecular flexibility index (Phi) is 4.53. The van der Waals surface area contributed by atoms with E-state index in [4.69, 9.17) is 0 Å². The van der Waals surface area contributed by atoms with Crippen LogP contribution in [0.4, 0.5) is 5.69 Å². The van der Waals surface area contributed by atoms with Crippen LogP contribution in [0.5, 0.6) is 0 Å². The lowest BCUT2D eigenvalue weighted by molar-refractivity contribution is 0.988. The molecule has 0 aliphatic carbocycles. The summed E-state index contributed by atoms with van der Waals surface area (Å²) in [5, 5.41) is 4.52. The van der Waals surface area contributed by atoms with E-state index in [1.807, 2.05) is 48.5 Å². The first-order valence-electron chi connectivity index (χ1n) is 6.33. The minimum absolute atomic E-state index is 0.976. The van der Waals surface area contributed by atoms with Crippen molar-refractivity contribution in [1.82, 2.24) is 0 Å². The standard InChI is InChI=1S/C16H18N2/c1-2-9-16(14-10-5-3-6-11-14)18-17-15-12-7-4-8-13-15/h3-8,10-13,17H,2,9H2,1H3. The van der Waals surface area contributed by atoms with Gasteiger partial charge in [0.05, 0.1) is 11.4 Å². The summed E-state index contributed by atoms with van der Waals surface area (Å²) in [6, 6.07) is 20.3. The fourth-order valence-electron chi connectivity index (χ4n) is 1.78. The average molecular weight is 238 g/mol. The number of para-hydroxylation sites is 1. The van der Waals surface area contributed by atoms with Gasteiger partial charge in [-0.3, -0.25) is 5.43 Å². The molecule has 0 fully saturated rings. The SMILES string of the molecule is CCCC(=NNc1ccccc1)c1ccccc1. The molecule has 92 valence electrons. The summed E-state index contributed by atoms with van der Waals surface area (Å²) in [5.74, 6) is 0. The minimum atomic E-state index is 0.976. The second-order valence-electron chi connectivity index (χ2n) is 4.15. The van der Waals surface area contributed by atoms with Crippen molar-refractivity contribution >= 4 is 11.4 Å². The maximum Gasteiger partial charge on any atom is 0.0679 e. The largest absolute Gasteiger partial charge is 0.278 e.